The summed E-state index contributed by atoms with van der Waals surface area (Å²) in [6, 6.07) is 5.54. The van der Waals surface area contributed by atoms with E-state index in [1.165, 1.54) is 0 Å². The lowest BCUT2D eigenvalue weighted by molar-refractivity contribution is -0.125. The molecule has 4 nitrogen and oxygen atoms in total. The third-order valence-corrected chi connectivity index (χ3v) is 3.77. The van der Waals surface area contributed by atoms with Gasteiger partial charge in [-0.3, -0.25) is 4.79 Å². The minimum Gasteiger partial charge on any atom is -0.496 e. The van der Waals surface area contributed by atoms with Crippen LogP contribution in [-0.4, -0.2) is 19.1 Å². The molecule has 1 aliphatic rings. The number of methoxy groups -OCH3 is 1. The van der Waals surface area contributed by atoms with E-state index in [4.69, 9.17) is 22.1 Å². The van der Waals surface area contributed by atoms with Gasteiger partial charge in [-0.2, -0.15) is 0 Å². The molecule has 0 heterocycles. The summed E-state index contributed by atoms with van der Waals surface area (Å²) in [5, 5.41) is 3.56. The Morgan fingerprint density at radius 3 is 2.85 bits per heavy atom. The number of carbonyl (C=O) groups is 1. The zero-order chi connectivity index (χ0) is 13.8. The van der Waals surface area contributed by atoms with Gasteiger partial charge in [-0.15, -0.1) is 12.4 Å². The molecule has 0 radical (unpaired) electrons. The van der Waals surface area contributed by atoms with Gasteiger partial charge >= 0.3 is 0 Å². The number of nitrogens with two attached hydrogens (primary N) is 1. The van der Waals surface area contributed by atoms with Crippen LogP contribution >= 0.6 is 24.0 Å². The molecule has 0 aliphatic heterocycles. The fraction of sp³-hybridized carbons (Fsp3) is 0.500. The van der Waals surface area contributed by atoms with Gasteiger partial charge in [-0.05, 0) is 37.5 Å². The smallest absolute Gasteiger partial charge is 0.223 e. The second kappa shape index (κ2) is 7.72. The number of carbonyl (C=O) groups excluding carboxylic acids is 1. The van der Waals surface area contributed by atoms with Crippen molar-refractivity contribution in [1.82, 2.24) is 5.32 Å². The maximum absolute atomic E-state index is 12.0. The molecule has 1 aliphatic carbocycles. The van der Waals surface area contributed by atoms with Gasteiger partial charge in [-0.25, -0.2) is 0 Å². The molecular weight excluding hydrogens is 299 g/mol. The number of rotatable bonds is 4. The number of hydrogen-bond acceptors (Lipinski definition) is 3. The fourth-order valence-corrected chi connectivity index (χ4v) is 2.66. The SMILES string of the molecule is COc1ccc(Cl)cc1CNC(=O)C1CCC(N)C1.Cl. The van der Waals surface area contributed by atoms with Crippen LogP contribution in [0.15, 0.2) is 18.2 Å². The molecule has 0 aromatic heterocycles. The van der Waals surface area contributed by atoms with Crippen molar-refractivity contribution in [3.8, 4) is 5.75 Å². The lowest BCUT2D eigenvalue weighted by Crippen LogP contribution is -2.30. The first-order valence-electron chi connectivity index (χ1n) is 6.46. The largest absolute Gasteiger partial charge is 0.496 e. The predicted octanol–water partition coefficient (Wildman–Crippen LogP) is 2.51. The van der Waals surface area contributed by atoms with E-state index in [2.05, 4.69) is 5.32 Å². The summed E-state index contributed by atoms with van der Waals surface area (Å²) in [5.74, 6) is 0.836. The van der Waals surface area contributed by atoms with E-state index in [1.54, 1.807) is 25.3 Å². The molecule has 112 valence electrons. The summed E-state index contributed by atoms with van der Waals surface area (Å²) in [5.41, 5.74) is 6.70. The Morgan fingerprint density at radius 1 is 1.50 bits per heavy atom. The standard InChI is InChI=1S/C14H19ClN2O2.ClH/c1-19-13-5-3-11(15)6-10(13)8-17-14(18)9-2-4-12(16)7-9;/h3,5-6,9,12H,2,4,7-8,16H2,1H3,(H,17,18);1H. The van der Waals surface area contributed by atoms with E-state index in [9.17, 15) is 4.79 Å². The second-order valence-electron chi connectivity index (χ2n) is 4.94. The van der Waals surface area contributed by atoms with Crippen molar-refractivity contribution in [1.29, 1.82) is 0 Å². The monoisotopic (exact) mass is 318 g/mol. The Hall–Kier alpha value is -0.970. The van der Waals surface area contributed by atoms with Crippen LogP contribution in [0, 0.1) is 5.92 Å². The van der Waals surface area contributed by atoms with Crippen molar-refractivity contribution >= 4 is 29.9 Å². The summed E-state index contributed by atoms with van der Waals surface area (Å²) in [6.07, 6.45) is 2.58. The molecule has 20 heavy (non-hydrogen) atoms. The molecule has 1 saturated carbocycles. The predicted molar refractivity (Wildman–Crippen MR) is 82.4 cm³/mol. The molecule has 1 aromatic rings. The van der Waals surface area contributed by atoms with Gasteiger partial charge in [0.25, 0.3) is 0 Å². The topological polar surface area (TPSA) is 64.3 Å². The highest BCUT2D eigenvalue weighted by atomic mass is 35.5. The third-order valence-electron chi connectivity index (χ3n) is 3.54. The summed E-state index contributed by atoms with van der Waals surface area (Å²) < 4.78 is 5.25. The molecule has 2 atom stereocenters. The van der Waals surface area contributed by atoms with Crippen LogP contribution in [0.5, 0.6) is 5.75 Å². The van der Waals surface area contributed by atoms with Gasteiger partial charge in [-0.1, -0.05) is 11.6 Å². The number of amides is 1. The number of benzene rings is 1. The van der Waals surface area contributed by atoms with Gasteiger partial charge in [0.2, 0.25) is 5.91 Å². The molecule has 1 fully saturated rings. The minimum atomic E-state index is 0. The van der Waals surface area contributed by atoms with Crippen molar-refractivity contribution < 1.29 is 9.53 Å². The summed E-state index contributed by atoms with van der Waals surface area (Å²) in [4.78, 5) is 12.0. The summed E-state index contributed by atoms with van der Waals surface area (Å²) in [6.45, 7) is 0.425. The molecule has 0 saturated heterocycles. The van der Waals surface area contributed by atoms with E-state index >= 15 is 0 Å². The van der Waals surface area contributed by atoms with Crippen molar-refractivity contribution in [3.05, 3.63) is 28.8 Å². The zero-order valence-corrected chi connectivity index (χ0v) is 13.0. The average molecular weight is 319 g/mol. The van der Waals surface area contributed by atoms with Crippen molar-refractivity contribution in [3.63, 3.8) is 0 Å². The van der Waals surface area contributed by atoms with Gasteiger partial charge in [0.1, 0.15) is 5.75 Å². The third kappa shape index (κ3) is 4.27. The van der Waals surface area contributed by atoms with Crippen LogP contribution in [-0.2, 0) is 11.3 Å². The summed E-state index contributed by atoms with van der Waals surface area (Å²) in [7, 11) is 1.60. The first-order valence-corrected chi connectivity index (χ1v) is 6.83. The lowest BCUT2D eigenvalue weighted by atomic mass is 10.1. The van der Waals surface area contributed by atoms with E-state index in [0.717, 1.165) is 30.6 Å². The molecule has 2 rings (SSSR count). The first-order chi connectivity index (χ1) is 9.10. The second-order valence-corrected chi connectivity index (χ2v) is 5.38. The lowest BCUT2D eigenvalue weighted by Gasteiger charge is -2.13. The maximum Gasteiger partial charge on any atom is 0.223 e. The Balaban J connectivity index is 0.00000200. The molecule has 1 aromatic carbocycles. The molecule has 0 spiro atoms. The highest BCUT2D eigenvalue weighted by Crippen LogP contribution is 2.25. The van der Waals surface area contributed by atoms with Gasteiger partial charge in [0.05, 0.1) is 7.11 Å². The molecule has 3 N–H and O–H groups in total. The van der Waals surface area contributed by atoms with Crippen LogP contribution in [0.25, 0.3) is 0 Å². The van der Waals surface area contributed by atoms with Crippen molar-refractivity contribution in [2.45, 2.75) is 31.8 Å². The van der Waals surface area contributed by atoms with Crippen LogP contribution in [0.1, 0.15) is 24.8 Å². The quantitative estimate of drug-likeness (QED) is 0.896. The molecule has 6 heteroatoms. The number of nitrogens with one attached hydrogen (secondary N) is 1. The van der Waals surface area contributed by atoms with E-state index in [1.807, 2.05) is 0 Å². The van der Waals surface area contributed by atoms with Crippen LogP contribution in [0.4, 0.5) is 0 Å². The fourth-order valence-electron chi connectivity index (χ4n) is 2.47. The number of ether oxygens (including phenoxy) is 1. The van der Waals surface area contributed by atoms with Gasteiger partial charge in [0, 0.05) is 29.1 Å². The normalized spacial score (nSPS) is 21.1. The van der Waals surface area contributed by atoms with Gasteiger partial charge in [0.15, 0.2) is 0 Å². The zero-order valence-electron chi connectivity index (χ0n) is 11.4. The molecule has 1 amide bonds. The maximum atomic E-state index is 12.0. The minimum absolute atomic E-state index is 0. The number of halogens is 2. The van der Waals surface area contributed by atoms with Crippen LogP contribution in [0.2, 0.25) is 5.02 Å². The van der Waals surface area contributed by atoms with E-state index < -0.39 is 0 Å². The van der Waals surface area contributed by atoms with Gasteiger partial charge < -0.3 is 15.8 Å². The first kappa shape index (κ1) is 17.1. The van der Waals surface area contributed by atoms with Crippen LogP contribution in [0.3, 0.4) is 0 Å². The van der Waals surface area contributed by atoms with E-state index in [0.29, 0.717) is 11.6 Å². The Bertz CT molecular complexity index is 468. The number of hydrogen-bond donors (Lipinski definition) is 2. The molecule has 2 unspecified atom stereocenters. The Morgan fingerprint density at radius 2 is 2.25 bits per heavy atom. The Kier molecular flexibility index (Phi) is 6.59. The highest BCUT2D eigenvalue weighted by Gasteiger charge is 2.27. The molecule has 0 bridgehead atoms. The summed E-state index contributed by atoms with van der Waals surface area (Å²) >= 11 is 5.95. The van der Waals surface area contributed by atoms with Crippen molar-refractivity contribution in [2.24, 2.45) is 11.7 Å². The van der Waals surface area contributed by atoms with Crippen molar-refractivity contribution in [2.75, 3.05) is 7.11 Å². The Labute approximate surface area is 130 Å². The van der Waals surface area contributed by atoms with Crippen LogP contribution < -0.4 is 15.8 Å². The van der Waals surface area contributed by atoms with E-state index in [-0.39, 0.29) is 30.3 Å². The highest BCUT2D eigenvalue weighted by molar-refractivity contribution is 6.30. The average Bonchev–Trinajstić information content (AvgIpc) is 2.83. The molecular formula is C14H20Cl2N2O2.